The third-order valence-electron chi connectivity index (χ3n) is 2.34. The predicted octanol–water partition coefficient (Wildman–Crippen LogP) is 1.25. The third kappa shape index (κ3) is 2.08. The number of aromatic nitrogens is 2. The molecule has 0 fully saturated rings. The SMILES string of the molecule is COc1ccccc1-c1ncncc1C(N)=O. The van der Waals surface area contributed by atoms with E-state index in [-0.39, 0.29) is 5.56 Å². The highest BCUT2D eigenvalue weighted by Gasteiger charge is 2.14. The van der Waals surface area contributed by atoms with E-state index in [0.29, 0.717) is 17.0 Å². The van der Waals surface area contributed by atoms with E-state index in [1.807, 2.05) is 18.2 Å². The van der Waals surface area contributed by atoms with Gasteiger partial charge in [0.15, 0.2) is 0 Å². The Kier molecular flexibility index (Phi) is 3.00. The number of methoxy groups -OCH3 is 1. The van der Waals surface area contributed by atoms with Gasteiger partial charge in [0, 0.05) is 11.8 Å². The van der Waals surface area contributed by atoms with Crippen LogP contribution >= 0.6 is 0 Å². The number of para-hydroxylation sites is 1. The fraction of sp³-hybridized carbons (Fsp3) is 0.0833. The van der Waals surface area contributed by atoms with Crippen LogP contribution in [0.1, 0.15) is 10.4 Å². The molecule has 0 unspecified atom stereocenters. The van der Waals surface area contributed by atoms with Crippen molar-refractivity contribution in [2.45, 2.75) is 0 Å². The number of nitrogens with two attached hydrogens (primary N) is 1. The molecule has 5 nitrogen and oxygen atoms in total. The van der Waals surface area contributed by atoms with Crippen molar-refractivity contribution in [3.8, 4) is 17.0 Å². The van der Waals surface area contributed by atoms with E-state index in [1.54, 1.807) is 13.2 Å². The molecule has 0 aliphatic carbocycles. The quantitative estimate of drug-likeness (QED) is 0.859. The Hall–Kier alpha value is -2.43. The fourth-order valence-corrected chi connectivity index (χ4v) is 1.56. The van der Waals surface area contributed by atoms with Crippen LogP contribution in [0, 0.1) is 0 Å². The number of rotatable bonds is 3. The van der Waals surface area contributed by atoms with Gasteiger partial charge >= 0.3 is 0 Å². The molecule has 2 aromatic rings. The molecule has 0 saturated carbocycles. The van der Waals surface area contributed by atoms with Crippen LogP contribution in [0.15, 0.2) is 36.8 Å². The molecule has 86 valence electrons. The zero-order valence-corrected chi connectivity index (χ0v) is 9.25. The maximum Gasteiger partial charge on any atom is 0.252 e. The van der Waals surface area contributed by atoms with Crippen molar-refractivity contribution < 1.29 is 9.53 Å². The molecule has 0 saturated heterocycles. The van der Waals surface area contributed by atoms with Crippen molar-refractivity contribution in [2.75, 3.05) is 7.11 Å². The van der Waals surface area contributed by atoms with Gasteiger partial charge in [-0.05, 0) is 12.1 Å². The van der Waals surface area contributed by atoms with Gasteiger partial charge in [-0.2, -0.15) is 0 Å². The molecule has 0 atom stereocenters. The minimum absolute atomic E-state index is 0.275. The minimum Gasteiger partial charge on any atom is -0.496 e. The van der Waals surface area contributed by atoms with Gasteiger partial charge in [-0.3, -0.25) is 4.79 Å². The Bertz CT molecular complexity index is 555. The van der Waals surface area contributed by atoms with E-state index in [1.165, 1.54) is 12.5 Å². The number of carbonyl (C=O) groups excluding carboxylic acids is 1. The lowest BCUT2D eigenvalue weighted by Crippen LogP contribution is -2.13. The summed E-state index contributed by atoms with van der Waals surface area (Å²) in [6.45, 7) is 0. The molecular weight excluding hydrogens is 218 g/mol. The van der Waals surface area contributed by atoms with Gasteiger partial charge in [0.1, 0.15) is 12.1 Å². The van der Waals surface area contributed by atoms with E-state index in [2.05, 4.69) is 9.97 Å². The Balaban J connectivity index is 2.64. The summed E-state index contributed by atoms with van der Waals surface area (Å²) < 4.78 is 5.22. The second kappa shape index (κ2) is 4.61. The van der Waals surface area contributed by atoms with E-state index in [4.69, 9.17) is 10.5 Å². The van der Waals surface area contributed by atoms with Crippen molar-refractivity contribution in [1.82, 2.24) is 9.97 Å². The van der Waals surface area contributed by atoms with Crippen LogP contribution in [0.5, 0.6) is 5.75 Å². The first kappa shape index (κ1) is 11.1. The van der Waals surface area contributed by atoms with Crippen LogP contribution in [0.25, 0.3) is 11.3 Å². The number of benzene rings is 1. The minimum atomic E-state index is -0.563. The lowest BCUT2D eigenvalue weighted by Gasteiger charge is -2.09. The van der Waals surface area contributed by atoms with Crippen LogP contribution in [-0.4, -0.2) is 23.0 Å². The van der Waals surface area contributed by atoms with Gasteiger partial charge in [0.05, 0.1) is 18.4 Å². The summed E-state index contributed by atoms with van der Waals surface area (Å²) in [7, 11) is 1.56. The Morgan fingerprint density at radius 2 is 2.12 bits per heavy atom. The van der Waals surface area contributed by atoms with Crippen molar-refractivity contribution in [2.24, 2.45) is 5.73 Å². The van der Waals surface area contributed by atoms with Crippen molar-refractivity contribution in [1.29, 1.82) is 0 Å². The highest BCUT2D eigenvalue weighted by molar-refractivity contribution is 5.99. The number of ether oxygens (including phenoxy) is 1. The summed E-state index contributed by atoms with van der Waals surface area (Å²) in [6.07, 6.45) is 2.77. The first-order valence-corrected chi connectivity index (χ1v) is 4.97. The molecule has 1 amide bonds. The van der Waals surface area contributed by atoms with E-state index >= 15 is 0 Å². The lowest BCUT2D eigenvalue weighted by molar-refractivity contribution is 0.100. The molecule has 1 aromatic heterocycles. The molecule has 0 aliphatic heterocycles. The largest absolute Gasteiger partial charge is 0.496 e. The predicted molar refractivity (Wildman–Crippen MR) is 62.5 cm³/mol. The summed E-state index contributed by atoms with van der Waals surface area (Å²) in [4.78, 5) is 19.2. The summed E-state index contributed by atoms with van der Waals surface area (Å²) in [5.74, 6) is 0.0696. The molecule has 0 spiro atoms. The second-order valence-corrected chi connectivity index (χ2v) is 3.35. The maximum atomic E-state index is 11.3. The normalized spacial score (nSPS) is 9.94. The van der Waals surface area contributed by atoms with Crippen LogP contribution in [0.4, 0.5) is 0 Å². The van der Waals surface area contributed by atoms with Gasteiger partial charge in [0.25, 0.3) is 5.91 Å². The number of amides is 1. The van der Waals surface area contributed by atoms with E-state index in [9.17, 15) is 4.79 Å². The number of hydrogen-bond acceptors (Lipinski definition) is 4. The number of primary amides is 1. The Morgan fingerprint density at radius 1 is 1.35 bits per heavy atom. The molecule has 0 radical (unpaired) electrons. The average molecular weight is 229 g/mol. The summed E-state index contributed by atoms with van der Waals surface area (Å²) in [6, 6.07) is 7.29. The molecule has 2 N–H and O–H groups in total. The smallest absolute Gasteiger partial charge is 0.252 e. The van der Waals surface area contributed by atoms with Gasteiger partial charge in [0.2, 0.25) is 0 Å². The highest BCUT2D eigenvalue weighted by atomic mass is 16.5. The summed E-state index contributed by atoms with van der Waals surface area (Å²) in [5.41, 5.74) is 6.75. The van der Waals surface area contributed by atoms with Gasteiger partial charge in [-0.1, -0.05) is 12.1 Å². The maximum absolute atomic E-state index is 11.3. The first-order valence-electron chi connectivity index (χ1n) is 4.97. The summed E-state index contributed by atoms with van der Waals surface area (Å²) in [5, 5.41) is 0. The number of hydrogen-bond donors (Lipinski definition) is 1. The molecule has 0 aliphatic rings. The molecular formula is C12H11N3O2. The Morgan fingerprint density at radius 3 is 2.82 bits per heavy atom. The monoisotopic (exact) mass is 229 g/mol. The van der Waals surface area contributed by atoms with Crippen molar-refractivity contribution in [3.05, 3.63) is 42.4 Å². The fourth-order valence-electron chi connectivity index (χ4n) is 1.56. The van der Waals surface area contributed by atoms with Gasteiger partial charge < -0.3 is 10.5 Å². The lowest BCUT2D eigenvalue weighted by atomic mass is 10.1. The highest BCUT2D eigenvalue weighted by Crippen LogP contribution is 2.29. The second-order valence-electron chi connectivity index (χ2n) is 3.35. The molecule has 17 heavy (non-hydrogen) atoms. The van der Waals surface area contributed by atoms with E-state index < -0.39 is 5.91 Å². The molecule has 5 heteroatoms. The number of nitrogens with zero attached hydrogens (tertiary/aromatic N) is 2. The molecule has 2 rings (SSSR count). The van der Waals surface area contributed by atoms with E-state index in [0.717, 1.165) is 0 Å². The standard InChI is InChI=1S/C12H11N3O2/c1-17-10-5-3-2-4-8(10)11-9(12(13)16)6-14-7-15-11/h2-7H,1H3,(H2,13,16). The third-order valence-corrected chi connectivity index (χ3v) is 2.34. The molecule has 0 bridgehead atoms. The van der Waals surface area contributed by atoms with Crippen LogP contribution in [0.3, 0.4) is 0 Å². The average Bonchev–Trinajstić information content (AvgIpc) is 2.38. The Labute approximate surface area is 98.3 Å². The molecule has 1 aromatic carbocycles. The van der Waals surface area contributed by atoms with Gasteiger partial charge in [-0.15, -0.1) is 0 Å². The number of carbonyl (C=O) groups is 1. The summed E-state index contributed by atoms with van der Waals surface area (Å²) >= 11 is 0. The van der Waals surface area contributed by atoms with Crippen LogP contribution in [0.2, 0.25) is 0 Å². The van der Waals surface area contributed by atoms with Gasteiger partial charge in [-0.25, -0.2) is 9.97 Å². The van der Waals surface area contributed by atoms with Crippen LogP contribution < -0.4 is 10.5 Å². The topological polar surface area (TPSA) is 78.1 Å². The van der Waals surface area contributed by atoms with Crippen molar-refractivity contribution >= 4 is 5.91 Å². The molecule has 1 heterocycles. The first-order chi connectivity index (χ1) is 8.24. The van der Waals surface area contributed by atoms with Crippen molar-refractivity contribution in [3.63, 3.8) is 0 Å². The zero-order chi connectivity index (χ0) is 12.3. The zero-order valence-electron chi connectivity index (χ0n) is 9.25. The van der Waals surface area contributed by atoms with Crippen LogP contribution in [-0.2, 0) is 0 Å².